The maximum absolute atomic E-state index is 12.1. The van der Waals surface area contributed by atoms with Crippen LogP contribution in [0.3, 0.4) is 0 Å². The Morgan fingerprint density at radius 1 is 1.07 bits per heavy atom. The molecule has 3 N–H and O–H groups in total. The molecule has 7 heteroatoms. The van der Waals surface area contributed by atoms with E-state index in [1.807, 2.05) is 38.1 Å². The van der Waals surface area contributed by atoms with Gasteiger partial charge in [0.1, 0.15) is 5.75 Å². The topological polar surface area (TPSA) is 79.5 Å². The lowest BCUT2D eigenvalue weighted by Gasteiger charge is -2.11. The molecule has 0 aromatic heterocycles. The molecule has 156 valence electrons. The minimum atomic E-state index is -0.202. The van der Waals surface area contributed by atoms with Crippen LogP contribution in [0.1, 0.15) is 29.8 Å². The van der Waals surface area contributed by atoms with Gasteiger partial charge in [-0.1, -0.05) is 37.6 Å². The first-order chi connectivity index (χ1) is 13.9. The van der Waals surface area contributed by atoms with Crippen LogP contribution in [-0.2, 0) is 11.2 Å². The number of halogens is 1. The molecular weight excluding hydrogens is 390 g/mol. The van der Waals surface area contributed by atoms with E-state index in [1.54, 1.807) is 25.3 Å². The highest BCUT2D eigenvalue weighted by molar-refractivity contribution is 6.34. The number of hydrogen-bond acceptors (Lipinski definition) is 4. The number of amides is 2. The molecule has 0 atom stereocenters. The third-order valence-corrected chi connectivity index (χ3v) is 4.55. The highest BCUT2D eigenvalue weighted by Gasteiger charge is 2.11. The van der Waals surface area contributed by atoms with E-state index in [9.17, 15) is 9.59 Å². The molecule has 2 aromatic rings. The number of anilines is 1. The van der Waals surface area contributed by atoms with Crippen molar-refractivity contribution in [3.8, 4) is 5.75 Å². The van der Waals surface area contributed by atoms with Gasteiger partial charge in [-0.3, -0.25) is 9.59 Å². The van der Waals surface area contributed by atoms with Crippen molar-refractivity contribution in [1.82, 2.24) is 10.6 Å². The predicted octanol–water partition coefficient (Wildman–Crippen LogP) is 3.51. The molecule has 0 heterocycles. The summed E-state index contributed by atoms with van der Waals surface area (Å²) >= 11 is 6.22. The van der Waals surface area contributed by atoms with E-state index in [2.05, 4.69) is 16.0 Å². The summed E-state index contributed by atoms with van der Waals surface area (Å²) in [5.74, 6) is 0.853. The van der Waals surface area contributed by atoms with Crippen molar-refractivity contribution in [3.63, 3.8) is 0 Å². The van der Waals surface area contributed by atoms with E-state index in [0.29, 0.717) is 35.3 Å². The molecule has 0 aliphatic rings. The minimum Gasteiger partial charge on any atom is -0.497 e. The zero-order chi connectivity index (χ0) is 21.2. The fourth-order valence-corrected chi connectivity index (χ4v) is 2.85. The van der Waals surface area contributed by atoms with Gasteiger partial charge in [0.2, 0.25) is 5.91 Å². The van der Waals surface area contributed by atoms with Crippen molar-refractivity contribution >= 4 is 29.1 Å². The number of hydrogen-bond donors (Lipinski definition) is 3. The van der Waals surface area contributed by atoms with Gasteiger partial charge in [-0.2, -0.15) is 0 Å². The first-order valence-corrected chi connectivity index (χ1v) is 9.98. The zero-order valence-corrected chi connectivity index (χ0v) is 17.8. The van der Waals surface area contributed by atoms with Crippen molar-refractivity contribution in [1.29, 1.82) is 0 Å². The van der Waals surface area contributed by atoms with E-state index in [-0.39, 0.29) is 18.4 Å². The lowest BCUT2D eigenvalue weighted by Crippen LogP contribution is -2.31. The van der Waals surface area contributed by atoms with Crippen molar-refractivity contribution in [3.05, 3.63) is 58.6 Å². The summed E-state index contributed by atoms with van der Waals surface area (Å²) in [7, 11) is 1.63. The summed E-state index contributed by atoms with van der Waals surface area (Å²) in [6.07, 6.45) is 0.738. The number of nitrogens with one attached hydrogen (secondary N) is 3. The van der Waals surface area contributed by atoms with Crippen LogP contribution >= 0.6 is 11.6 Å². The third kappa shape index (κ3) is 7.66. The Balaban J connectivity index is 1.76. The van der Waals surface area contributed by atoms with Crippen molar-refractivity contribution in [2.75, 3.05) is 32.1 Å². The Labute approximate surface area is 177 Å². The van der Waals surface area contributed by atoms with Gasteiger partial charge in [0.05, 0.1) is 24.2 Å². The summed E-state index contributed by atoms with van der Waals surface area (Å²) in [6, 6.07) is 12.8. The molecule has 0 fully saturated rings. The van der Waals surface area contributed by atoms with Crippen LogP contribution in [0.2, 0.25) is 5.02 Å². The van der Waals surface area contributed by atoms with E-state index in [0.717, 1.165) is 17.7 Å². The zero-order valence-electron chi connectivity index (χ0n) is 17.0. The highest BCUT2D eigenvalue weighted by Crippen LogP contribution is 2.21. The Bertz CT molecular complexity index is 823. The molecule has 0 aliphatic carbocycles. The molecule has 0 bridgehead atoms. The van der Waals surface area contributed by atoms with Crippen LogP contribution in [0.5, 0.6) is 5.75 Å². The number of carbonyl (C=O) groups is 2. The van der Waals surface area contributed by atoms with E-state index >= 15 is 0 Å². The van der Waals surface area contributed by atoms with Crippen LogP contribution in [0.25, 0.3) is 0 Å². The Morgan fingerprint density at radius 2 is 1.79 bits per heavy atom. The quantitative estimate of drug-likeness (QED) is 0.552. The lowest BCUT2D eigenvalue weighted by molar-refractivity contribution is -0.119. The molecule has 0 unspecified atom stereocenters. The largest absolute Gasteiger partial charge is 0.497 e. The van der Waals surface area contributed by atoms with Crippen LogP contribution in [0.15, 0.2) is 42.5 Å². The molecular formula is C22H28ClN3O3. The first kappa shape index (κ1) is 22.6. The van der Waals surface area contributed by atoms with Gasteiger partial charge in [0.25, 0.3) is 5.91 Å². The number of carbonyl (C=O) groups excluding carboxylic acids is 2. The minimum absolute atomic E-state index is 0.117. The van der Waals surface area contributed by atoms with Crippen LogP contribution in [0, 0.1) is 5.92 Å². The van der Waals surface area contributed by atoms with Gasteiger partial charge < -0.3 is 20.7 Å². The van der Waals surface area contributed by atoms with Gasteiger partial charge in [-0.15, -0.1) is 0 Å². The highest BCUT2D eigenvalue weighted by atomic mass is 35.5. The molecule has 29 heavy (non-hydrogen) atoms. The molecule has 2 amide bonds. The number of ether oxygens (including phenoxy) is 1. The molecule has 2 aromatic carbocycles. The summed E-state index contributed by atoms with van der Waals surface area (Å²) in [5, 5.41) is 9.07. The van der Waals surface area contributed by atoms with Gasteiger partial charge in [0.15, 0.2) is 0 Å². The standard InChI is InChI=1S/C22H28ClN3O3/c1-15(2)13-26-22(28)19-9-6-17(12-20(19)23)25-14-21(27)24-11-10-16-4-7-18(29-3)8-5-16/h4-9,12,15,25H,10-11,13-14H2,1-3H3,(H,24,27)(H,26,28). The molecule has 6 nitrogen and oxygen atoms in total. The normalized spacial score (nSPS) is 10.5. The van der Waals surface area contributed by atoms with Gasteiger partial charge in [0, 0.05) is 18.8 Å². The molecule has 0 spiro atoms. The lowest BCUT2D eigenvalue weighted by atomic mass is 10.1. The first-order valence-electron chi connectivity index (χ1n) is 9.60. The molecule has 2 rings (SSSR count). The smallest absolute Gasteiger partial charge is 0.252 e. The second kappa shape index (κ2) is 11.3. The van der Waals surface area contributed by atoms with Crippen LogP contribution in [0.4, 0.5) is 5.69 Å². The number of benzene rings is 2. The summed E-state index contributed by atoms with van der Waals surface area (Å²) in [6.45, 7) is 5.31. The van der Waals surface area contributed by atoms with Gasteiger partial charge in [-0.25, -0.2) is 0 Å². The fraction of sp³-hybridized carbons (Fsp3) is 0.364. The molecule has 0 saturated carbocycles. The summed E-state index contributed by atoms with van der Waals surface area (Å²) in [5.41, 5.74) is 2.22. The number of methoxy groups -OCH3 is 1. The Morgan fingerprint density at radius 3 is 2.41 bits per heavy atom. The second-order valence-corrected chi connectivity index (χ2v) is 7.51. The van der Waals surface area contributed by atoms with Crippen LogP contribution < -0.4 is 20.7 Å². The van der Waals surface area contributed by atoms with Crippen molar-refractivity contribution in [2.24, 2.45) is 5.92 Å². The van der Waals surface area contributed by atoms with Gasteiger partial charge in [-0.05, 0) is 48.2 Å². The average Bonchev–Trinajstić information content (AvgIpc) is 2.71. The Kier molecular flexibility index (Phi) is 8.80. The maximum atomic E-state index is 12.1. The van der Waals surface area contributed by atoms with Crippen molar-refractivity contribution in [2.45, 2.75) is 20.3 Å². The van der Waals surface area contributed by atoms with Gasteiger partial charge >= 0.3 is 0 Å². The Hall–Kier alpha value is -2.73. The fourth-order valence-electron chi connectivity index (χ4n) is 2.58. The molecule has 0 aliphatic heterocycles. The van der Waals surface area contributed by atoms with Crippen LogP contribution in [-0.4, -0.2) is 38.6 Å². The second-order valence-electron chi connectivity index (χ2n) is 7.10. The molecule has 0 radical (unpaired) electrons. The van der Waals surface area contributed by atoms with Crippen molar-refractivity contribution < 1.29 is 14.3 Å². The van der Waals surface area contributed by atoms with E-state index < -0.39 is 0 Å². The van der Waals surface area contributed by atoms with E-state index in [4.69, 9.17) is 16.3 Å². The number of rotatable bonds is 10. The maximum Gasteiger partial charge on any atom is 0.252 e. The predicted molar refractivity (Wildman–Crippen MR) is 117 cm³/mol. The third-order valence-electron chi connectivity index (χ3n) is 4.23. The summed E-state index contributed by atoms with van der Waals surface area (Å²) < 4.78 is 5.13. The summed E-state index contributed by atoms with van der Waals surface area (Å²) in [4.78, 5) is 24.2. The average molecular weight is 418 g/mol. The van der Waals surface area contributed by atoms with E-state index in [1.165, 1.54) is 0 Å². The SMILES string of the molecule is COc1ccc(CCNC(=O)CNc2ccc(C(=O)NCC(C)C)c(Cl)c2)cc1. The monoisotopic (exact) mass is 417 g/mol. The molecule has 0 saturated heterocycles.